The number of hydrogen-bond donors (Lipinski definition) is 0. The Morgan fingerprint density at radius 3 is 2.00 bits per heavy atom. The lowest BCUT2D eigenvalue weighted by atomic mass is 9.77. The van der Waals surface area contributed by atoms with Crippen LogP contribution in [-0.4, -0.2) is 0 Å². The summed E-state index contributed by atoms with van der Waals surface area (Å²) in [4.78, 5) is 0. The maximum absolute atomic E-state index is 2.41. The standard InChI is InChI=1S/C35H37/c1-3-26(2)35-31(23-27-13-6-4-7-14-27)18-12-20-34(35)32(24-28-15-8-5-9-16-28)25-30-17-10-11-19-33(30)29-21-22-29/h4-20,26,29H,3,21-25H2,1-2H3. The van der Waals surface area contributed by atoms with E-state index in [0.29, 0.717) is 5.92 Å². The molecule has 0 spiro atoms. The van der Waals surface area contributed by atoms with Gasteiger partial charge in [0.15, 0.2) is 0 Å². The fourth-order valence-electron chi connectivity index (χ4n) is 5.49. The Balaban J connectivity index is 1.57. The predicted octanol–water partition coefficient (Wildman–Crippen LogP) is 9.08. The third-order valence-electron chi connectivity index (χ3n) is 7.66. The van der Waals surface area contributed by atoms with E-state index in [-0.39, 0.29) is 0 Å². The van der Waals surface area contributed by atoms with Crippen molar-refractivity contribution in [2.75, 3.05) is 0 Å². The van der Waals surface area contributed by atoms with Crippen molar-refractivity contribution in [3.05, 3.63) is 148 Å². The molecule has 0 heteroatoms. The van der Waals surface area contributed by atoms with Gasteiger partial charge in [0.25, 0.3) is 0 Å². The number of rotatable bonds is 10. The summed E-state index contributed by atoms with van der Waals surface area (Å²) in [5, 5.41) is 0. The van der Waals surface area contributed by atoms with Crippen LogP contribution in [0.5, 0.6) is 0 Å². The Morgan fingerprint density at radius 1 is 0.686 bits per heavy atom. The lowest BCUT2D eigenvalue weighted by molar-refractivity contribution is 0.710. The minimum Gasteiger partial charge on any atom is -0.0648 e. The molecule has 177 valence electrons. The normalized spacial score (nSPS) is 14.3. The van der Waals surface area contributed by atoms with Crippen LogP contribution in [0.4, 0.5) is 0 Å². The molecule has 1 aliphatic rings. The van der Waals surface area contributed by atoms with Gasteiger partial charge in [0.1, 0.15) is 0 Å². The molecule has 1 fully saturated rings. The van der Waals surface area contributed by atoms with Crippen LogP contribution in [0, 0.1) is 5.92 Å². The number of hydrogen-bond acceptors (Lipinski definition) is 0. The highest BCUT2D eigenvalue weighted by atomic mass is 14.3. The molecule has 1 atom stereocenters. The molecule has 0 N–H and O–H groups in total. The van der Waals surface area contributed by atoms with Gasteiger partial charge in [0.2, 0.25) is 0 Å². The van der Waals surface area contributed by atoms with Gasteiger partial charge in [-0.1, -0.05) is 117 Å². The molecule has 0 aliphatic heterocycles. The van der Waals surface area contributed by atoms with Gasteiger partial charge in [-0.15, -0.1) is 0 Å². The van der Waals surface area contributed by atoms with Crippen molar-refractivity contribution < 1.29 is 0 Å². The van der Waals surface area contributed by atoms with Crippen LogP contribution >= 0.6 is 0 Å². The monoisotopic (exact) mass is 457 g/mol. The van der Waals surface area contributed by atoms with E-state index in [1.165, 1.54) is 40.7 Å². The first-order valence-electron chi connectivity index (χ1n) is 13.4. The topological polar surface area (TPSA) is 0 Å². The van der Waals surface area contributed by atoms with E-state index in [1.54, 1.807) is 17.0 Å². The summed E-state index contributed by atoms with van der Waals surface area (Å²) >= 11 is 0. The third-order valence-corrected chi connectivity index (χ3v) is 7.66. The molecule has 0 aromatic heterocycles. The van der Waals surface area contributed by atoms with Crippen molar-refractivity contribution in [2.24, 2.45) is 0 Å². The van der Waals surface area contributed by atoms with Crippen molar-refractivity contribution >= 4 is 0 Å². The molecule has 1 radical (unpaired) electrons. The zero-order chi connectivity index (χ0) is 24.0. The van der Waals surface area contributed by atoms with Gasteiger partial charge >= 0.3 is 0 Å². The van der Waals surface area contributed by atoms with Crippen molar-refractivity contribution in [1.29, 1.82) is 0 Å². The van der Waals surface area contributed by atoms with E-state index in [4.69, 9.17) is 0 Å². The molecule has 1 unspecified atom stereocenters. The van der Waals surface area contributed by atoms with Gasteiger partial charge < -0.3 is 0 Å². The Kier molecular flexibility index (Phi) is 7.48. The molecule has 4 aromatic carbocycles. The van der Waals surface area contributed by atoms with E-state index in [0.717, 1.165) is 31.6 Å². The van der Waals surface area contributed by atoms with Gasteiger partial charge in [0.05, 0.1) is 0 Å². The second kappa shape index (κ2) is 11.1. The maximum Gasteiger partial charge on any atom is 0.0140 e. The molecule has 0 heterocycles. The first kappa shape index (κ1) is 23.6. The van der Waals surface area contributed by atoms with Gasteiger partial charge in [-0.2, -0.15) is 0 Å². The second-order valence-corrected chi connectivity index (χ2v) is 10.3. The van der Waals surface area contributed by atoms with Crippen LogP contribution in [0.25, 0.3) is 0 Å². The summed E-state index contributed by atoms with van der Waals surface area (Å²) in [5.41, 5.74) is 10.4. The first-order chi connectivity index (χ1) is 17.2. The van der Waals surface area contributed by atoms with Gasteiger partial charge in [-0.25, -0.2) is 0 Å². The molecule has 0 amide bonds. The SMILES string of the molecule is CCC(C)c1c(Cc2ccccc2)cccc1[C](Cc1ccccc1)Cc1ccccc1C1CC1. The fourth-order valence-corrected chi connectivity index (χ4v) is 5.49. The summed E-state index contributed by atoms with van der Waals surface area (Å²) in [6, 6.07) is 38.2. The van der Waals surface area contributed by atoms with Crippen molar-refractivity contribution in [3.63, 3.8) is 0 Å². The summed E-state index contributed by atoms with van der Waals surface area (Å²) in [5.74, 6) is 2.84. The lowest BCUT2D eigenvalue weighted by Gasteiger charge is -2.26. The highest BCUT2D eigenvalue weighted by Crippen LogP contribution is 2.43. The minimum absolute atomic E-state index is 0.523. The highest BCUT2D eigenvalue weighted by Gasteiger charge is 2.28. The molecule has 4 aromatic rings. The molecule has 0 nitrogen and oxygen atoms in total. The average Bonchev–Trinajstić information content (AvgIpc) is 3.75. The Hall–Kier alpha value is -3.12. The van der Waals surface area contributed by atoms with Crippen LogP contribution in [0.1, 0.15) is 83.9 Å². The van der Waals surface area contributed by atoms with E-state index in [1.807, 2.05) is 0 Å². The molecular weight excluding hydrogens is 420 g/mol. The smallest absolute Gasteiger partial charge is 0.0140 e. The zero-order valence-electron chi connectivity index (χ0n) is 21.2. The Bertz CT molecular complexity index is 1220. The fraction of sp³-hybridized carbons (Fsp3) is 0.286. The third kappa shape index (κ3) is 5.76. The molecule has 1 saturated carbocycles. The van der Waals surface area contributed by atoms with Crippen molar-refractivity contribution in [3.8, 4) is 0 Å². The van der Waals surface area contributed by atoms with Crippen LogP contribution in [0.15, 0.2) is 103 Å². The zero-order valence-corrected chi connectivity index (χ0v) is 21.2. The van der Waals surface area contributed by atoms with Crippen LogP contribution in [-0.2, 0) is 19.3 Å². The van der Waals surface area contributed by atoms with Crippen LogP contribution in [0.3, 0.4) is 0 Å². The van der Waals surface area contributed by atoms with E-state index in [9.17, 15) is 0 Å². The summed E-state index contributed by atoms with van der Waals surface area (Å²) in [6.07, 6.45) is 6.85. The molecule has 1 aliphatic carbocycles. The quantitative estimate of drug-likeness (QED) is 0.223. The van der Waals surface area contributed by atoms with Gasteiger partial charge in [-0.05, 0) is 89.3 Å². The Labute approximate surface area is 212 Å². The lowest BCUT2D eigenvalue weighted by Crippen LogP contribution is -2.15. The summed E-state index contributed by atoms with van der Waals surface area (Å²) in [7, 11) is 0. The van der Waals surface area contributed by atoms with E-state index in [2.05, 4.69) is 117 Å². The summed E-state index contributed by atoms with van der Waals surface area (Å²) in [6.45, 7) is 4.73. The van der Waals surface area contributed by atoms with Crippen molar-refractivity contribution in [2.45, 2.75) is 64.2 Å². The van der Waals surface area contributed by atoms with Crippen LogP contribution < -0.4 is 0 Å². The van der Waals surface area contributed by atoms with Crippen molar-refractivity contribution in [1.82, 2.24) is 0 Å². The van der Waals surface area contributed by atoms with Crippen LogP contribution in [0.2, 0.25) is 0 Å². The molecule has 0 bridgehead atoms. The minimum atomic E-state index is 0.523. The first-order valence-corrected chi connectivity index (χ1v) is 13.4. The van der Waals surface area contributed by atoms with Gasteiger partial charge in [0, 0.05) is 5.92 Å². The maximum atomic E-state index is 2.41. The van der Waals surface area contributed by atoms with E-state index < -0.39 is 0 Å². The number of benzene rings is 4. The highest BCUT2D eigenvalue weighted by molar-refractivity contribution is 5.50. The van der Waals surface area contributed by atoms with Gasteiger partial charge in [-0.3, -0.25) is 0 Å². The second-order valence-electron chi connectivity index (χ2n) is 10.3. The molecular formula is C35H37. The molecule has 0 saturated heterocycles. The predicted molar refractivity (Wildman–Crippen MR) is 149 cm³/mol. The van der Waals surface area contributed by atoms with E-state index >= 15 is 0 Å². The Morgan fingerprint density at radius 2 is 1.31 bits per heavy atom. The average molecular weight is 458 g/mol. The summed E-state index contributed by atoms with van der Waals surface area (Å²) < 4.78 is 0. The molecule has 35 heavy (non-hydrogen) atoms. The largest absolute Gasteiger partial charge is 0.0648 e. The molecule has 5 rings (SSSR count).